The number of nitrogens with zero attached hydrogens (tertiary/aromatic N) is 3. The van der Waals surface area contributed by atoms with E-state index >= 15 is 0 Å². The standard InChI is InChI=1S/C10H8ClFN4O2/c1-17-9-14-8(13)15-10(16-9)18-6-4-2-3-5(11)7(6)12/h2-4H,1H3,(H2,13,14,15,16). The molecule has 94 valence electrons. The van der Waals surface area contributed by atoms with Crippen LogP contribution in [-0.2, 0) is 0 Å². The Morgan fingerprint density at radius 2 is 1.94 bits per heavy atom. The third-order valence-corrected chi connectivity index (χ3v) is 2.20. The number of ether oxygens (including phenoxy) is 2. The van der Waals surface area contributed by atoms with E-state index in [1.54, 1.807) is 0 Å². The van der Waals surface area contributed by atoms with Crippen LogP contribution in [0.25, 0.3) is 0 Å². The lowest BCUT2D eigenvalue weighted by molar-refractivity contribution is 0.355. The summed E-state index contributed by atoms with van der Waals surface area (Å²) in [5.74, 6) is -0.924. The summed E-state index contributed by atoms with van der Waals surface area (Å²) in [4.78, 5) is 11.1. The zero-order chi connectivity index (χ0) is 13.1. The molecule has 2 rings (SSSR count). The number of aromatic nitrogens is 3. The van der Waals surface area contributed by atoms with Crippen molar-refractivity contribution in [2.75, 3.05) is 12.8 Å². The van der Waals surface area contributed by atoms with Crippen molar-refractivity contribution >= 4 is 17.5 Å². The van der Waals surface area contributed by atoms with Gasteiger partial charge in [-0.15, -0.1) is 4.98 Å². The number of methoxy groups -OCH3 is 1. The largest absolute Gasteiger partial charge is 0.467 e. The summed E-state index contributed by atoms with van der Waals surface area (Å²) in [6, 6.07) is 4.10. The van der Waals surface area contributed by atoms with Gasteiger partial charge in [0.15, 0.2) is 11.6 Å². The van der Waals surface area contributed by atoms with E-state index in [9.17, 15) is 4.39 Å². The van der Waals surface area contributed by atoms with Gasteiger partial charge in [-0.1, -0.05) is 17.7 Å². The Morgan fingerprint density at radius 1 is 1.22 bits per heavy atom. The van der Waals surface area contributed by atoms with Crippen LogP contribution < -0.4 is 15.2 Å². The fraction of sp³-hybridized carbons (Fsp3) is 0.100. The van der Waals surface area contributed by atoms with Gasteiger partial charge < -0.3 is 15.2 Å². The van der Waals surface area contributed by atoms with Crippen LogP contribution in [0.15, 0.2) is 18.2 Å². The third kappa shape index (κ3) is 2.57. The first-order valence-electron chi connectivity index (χ1n) is 4.77. The molecule has 0 saturated carbocycles. The molecule has 0 spiro atoms. The van der Waals surface area contributed by atoms with Gasteiger partial charge in [-0.05, 0) is 12.1 Å². The molecule has 8 heteroatoms. The Labute approximate surface area is 107 Å². The summed E-state index contributed by atoms with van der Waals surface area (Å²) in [6.07, 6.45) is 0. The molecule has 0 atom stereocenters. The minimum Gasteiger partial charge on any atom is -0.467 e. The van der Waals surface area contributed by atoms with Crippen molar-refractivity contribution in [3.05, 3.63) is 29.0 Å². The molecule has 0 amide bonds. The van der Waals surface area contributed by atoms with Crippen LogP contribution in [0, 0.1) is 5.82 Å². The quantitative estimate of drug-likeness (QED) is 0.919. The van der Waals surface area contributed by atoms with Gasteiger partial charge in [0.25, 0.3) is 0 Å². The van der Waals surface area contributed by atoms with E-state index in [4.69, 9.17) is 26.8 Å². The number of anilines is 1. The first kappa shape index (κ1) is 12.3. The van der Waals surface area contributed by atoms with Crippen LogP contribution in [0.2, 0.25) is 5.02 Å². The van der Waals surface area contributed by atoms with E-state index in [0.717, 1.165) is 0 Å². The minimum atomic E-state index is -0.711. The van der Waals surface area contributed by atoms with Crippen LogP contribution in [0.1, 0.15) is 0 Å². The maximum Gasteiger partial charge on any atom is 0.330 e. The summed E-state index contributed by atoms with van der Waals surface area (Å²) in [5, 5.41) is -0.0681. The van der Waals surface area contributed by atoms with E-state index in [0.29, 0.717) is 0 Å². The zero-order valence-corrected chi connectivity index (χ0v) is 9.98. The van der Waals surface area contributed by atoms with Crippen LogP contribution in [0.5, 0.6) is 17.8 Å². The minimum absolute atomic E-state index is 0.0278. The second-order valence-corrected chi connectivity index (χ2v) is 3.52. The molecular formula is C10H8ClFN4O2. The molecule has 1 aromatic carbocycles. The van der Waals surface area contributed by atoms with E-state index in [1.807, 2.05) is 0 Å². The van der Waals surface area contributed by atoms with Gasteiger partial charge in [0, 0.05) is 0 Å². The molecule has 1 aromatic heterocycles. The van der Waals surface area contributed by atoms with Gasteiger partial charge in [-0.2, -0.15) is 9.97 Å². The second kappa shape index (κ2) is 5.01. The van der Waals surface area contributed by atoms with E-state index < -0.39 is 5.82 Å². The van der Waals surface area contributed by atoms with Gasteiger partial charge in [-0.25, -0.2) is 4.39 Å². The number of halogens is 2. The molecule has 0 bridgehead atoms. The molecule has 0 radical (unpaired) electrons. The average Bonchev–Trinajstić information content (AvgIpc) is 2.34. The molecular weight excluding hydrogens is 263 g/mol. The van der Waals surface area contributed by atoms with Crippen LogP contribution in [-0.4, -0.2) is 22.1 Å². The Morgan fingerprint density at radius 3 is 2.67 bits per heavy atom. The van der Waals surface area contributed by atoms with Crippen molar-refractivity contribution in [2.45, 2.75) is 0 Å². The lowest BCUT2D eigenvalue weighted by atomic mass is 10.3. The predicted molar refractivity (Wildman–Crippen MR) is 62.3 cm³/mol. The van der Waals surface area contributed by atoms with Crippen molar-refractivity contribution in [3.8, 4) is 17.8 Å². The maximum atomic E-state index is 13.6. The predicted octanol–water partition coefficient (Wildman–Crippen LogP) is 2.05. The highest BCUT2D eigenvalue weighted by molar-refractivity contribution is 6.30. The number of nitrogens with two attached hydrogens (primary N) is 1. The van der Waals surface area contributed by atoms with Gasteiger partial charge in [-0.3, -0.25) is 0 Å². The van der Waals surface area contributed by atoms with Crippen molar-refractivity contribution in [1.82, 2.24) is 15.0 Å². The Balaban J connectivity index is 2.34. The molecule has 18 heavy (non-hydrogen) atoms. The summed E-state index contributed by atoms with van der Waals surface area (Å²) >= 11 is 5.61. The maximum absolute atomic E-state index is 13.6. The van der Waals surface area contributed by atoms with E-state index in [-0.39, 0.29) is 28.7 Å². The first-order valence-corrected chi connectivity index (χ1v) is 5.15. The number of hydrogen-bond donors (Lipinski definition) is 1. The second-order valence-electron chi connectivity index (χ2n) is 3.12. The van der Waals surface area contributed by atoms with Crippen molar-refractivity contribution in [2.24, 2.45) is 0 Å². The van der Waals surface area contributed by atoms with Crippen molar-refractivity contribution < 1.29 is 13.9 Å². The van der Waals surface area contributed by atoms with Crippen LogP contribution in [0.3, 0.4) is 0 Å². The first-order chi connectivity index (χ1) is 8.60. The molecule has 0 fully saturated rings. The van der Waals surface area contributed by atoms with Gasteiger partial charge in [0.05, 0.1) is 12.1 Å². The SMILES string of the molecule is COc1nc(N)nc(Oc2cccc(Cl)c2F)n1. The lowest BCUT2D eigenvalue weighted by Gasteiger charge is -2.06. The van der Waals surface area contributed by atoms with E-state index in [1.165, 1.54) is 25.3 Å². The van der Waals surface area contributed by atoms with Gasteiger partial charge >= 0.3 is 12.0 Å². The van der Waals surface area contributed by atoms with E-state index in [2.05, 4.69) is 15.0 Å². The Kier molecular flexibility index (Phi) is 3.42. The number of rotatable bonds is 3. The Hall–Kier alpha value is -2.15. The van der Waals surface area contributed by atoms with Crippen LogP contribution >= 0.6 is 11.6 Å². The topological polar surface area (TPSA) is 83.2 Å². The highest BCUT2D eigenvalue weighted by Crippen LogP contribution is 2.27. The summed E-state index contributed by atoms with van der Waals surface area (Å²) in [5.41, 5.74) is 5.41. The van der Waals surface area contributed by atoms with Gasteiger partial charge in [0.1, 0.15) is 0 Å². The highest BCUT2D eigenvalue weighted by Gasteiger charge is 2.12. The number of nitrogen functional groups attached to an aromatic ring is 1. The normalized spacial score (nSPS) is 10.2. The molecule has 2 aromatic rings. The molecule has 1 heterocycles. The Bertz CT molecular complexity index is 582. The van der Waals surface area contributed by atoms with Crippen molar-refractivity contribution in [1.29, 1.82) is 0 Å². The van der Waals surface area contributed by atoms with Crippen LogP contribution in [0.4, 0.5) is 10.3 Å². The average molecular weight is 271 g/mol. The monoisotopic (exact) mass is 270 g/mol. The van der Waals surface area contributed by atoms with Crippen molar-refractivity contribution in [3.63, 3.8) is 0 Å². The molecule has 0 aliphatic carbocycles. The molecule has 6 nitrogen and oxygen atoms in total. The lowest BCUT2D eigenvalue weighted by Crippen LogP contribution is -2.03. The summed E-state index contributed by atoms with van der Waals surface area (Å²) in [7, 11) is 1.36. The molecule has 2 N–H and O–H groups in total. The fourth-order valence-corrected chi connectivity index (χ4v) is 1.32. The fourth-order valence-electron chi connectivity index (χ4n) is 1.15. The summed E-state index contributed by atoms with van der Waals surface area (Å²) in [6.45, 7) is 0. The molecule has 0 saturated heterocycles. The number of benzene rings is 1. The smallest absolute Gasteiger partial charge is 0.330 e. The molecule has 0 aliphatic heterocycles. The zero-order valence-electron chi connectivity index (χ0n) is 9.22. The van der Waals surface area contributed by atoms with Gasteiger partial charge in [0.2, 0.25) is 5.95 Å². The summed E-state index contributed by atoms with van der Waals surface area (Å²) < 4.78 is 23.5. The number of hydrogen-bond acceptors (Lipinski definition) is 6. The third-order valence-electron chi connectivity index (χ3n) is 1.91. The molecule has 0 unspecified atom stereocenters. The molecule has 0 aliphatic rings. The highest BCUT2D eigenvalue weighted by atomic mass is 35.5.